The van der Waals surface area contributed by atoms with Gasteiger partial charge in [-0.2, -0.15) is 0 Å². The molecule has 2 aromatic carbocycles. The van der Waals surface area contributed by atoms with E-state index in [1.54, 1.807) is 0 Å². The Morgan fingerprint density at radius 1 is 1.04 bits per heavy atom. The van der Waals surface area contributed by atoms with Gasteiger partial charge >= 0.3 is 0 Å². The number of aromatic amines is 1. The normalized spacial score (nSPS) is 17.8. The van der Waals surface area contributed by atoms with Crippen molar-refractivity contribution in [2.45, 2.75) is 31.8 Å². The molecule has 0 spiro atoms. The molecule has 3 aromatic rings. The van der Waals surface area contributed by atoms with Crippen LogP contribution in [-0.4, -0.2) is 34.6 Å². The van der Waals surface area contributed by atoms with Gasteiger partial charge in [0, 0.05) is 23.1 Å². The van der Waals surface area contributed by atoms with Crippen LogP contribution in [0, 0.1) is 6.92 Å². The fourth-order valence-corrected chi connectivity index (χ4v) is 4.25. The van der Waals surface area contributed by atoms with Crippen molar-refractivity contribution in [3.63, 3.8) is 0 Å². The lowest BCUT2D eigenvalue weighted by Gasteiger charge is -2.33. The highest BCUT2D eigenvalue weighted by molar-refractivity contribution is 5.85. The van der Waals surface area contributed by atoms with Gasteiger partial charge in [-0.3, -0.25) is 0 Å². The molecule has 1 aromatic heterocycles. The molecule has 3 heteroatoms. The van der Waals surface area contributed by atoms with Crippen molar-refractivity contribution in [1.82, 2.24) is 9.88 Å². The van der Waals surface area contributed by atoms with E-state index < -0.39 is 6.10 Å². The number of rotatable bonds is 4. The van der Waals surface area contributed by atoms with Crippen molar-refractivity contribution in [2.75, 3.05) is 19.6 Å². The monoisotopic (exact) mass is 334 g/mol. The summed E-state index contributed by atoms with van der Waals surface area (Å²) in [6, 6.07) is 18.6. The largest absolute Gasteiger partial charge is 0.387 e. The Labute approximate surface area is 149 Å². The van der Waals surface area contributed by atoms with Gasteiger partial charge < -0.3 is 15.0 Å². The second kappa shape index (κ2) is 7.03. The summed E-state index contributed by atoms with van der Waals surface area (Å²) < 4.78 is 0. The van der Waals surface area contributed by atoms with Gasteiger partial charge in [-0.1, -0.05) is 48.5 Å². The molecule has 0 bridgehead atoms. The Balaban J connectivity index is 1.42. The first-order valence-corrected chi connectivity index (χ1v) is 9.25. The van der Waals surface area contributed by atoms with E-state index in [9.17, 15) is 5.11 Å². The first-order valence-electron chi connectivity index (χ1n) is 9.25. The van der Waals surface area contributed by atoms with Gasteiger partial charge in [0.05, 0.1) is 6.10 Å². The maximum atomic E-state index is 10.5. The van der Waals surface area contributed by atoms with Crippen molar-refractivity contribution in [3.8, 4) is 0 Å². The summed E-state index contributed by atoms with van der Waals surface area (Å²) in [5.41, 5.74) is 5.07. The first-order chi connectivity index (χ1) is 12.2. The molecule has 0 saturated carbocycles. The molecule has 1 unspecified atom stereocenters. The Morgan fingerprint density at radius 3 is 2.48 bits per heavy atom. The van der Waals surface area contributed by atoms with Crippen LogP contribution in [0.25, 0.3) is 10.9 Å². The molecule has 2 N–H and O–H groups in total. The third-order valence-corrected chi connectivity index (χ3v) is 5.55. The minimum atomic E-state index is -0.396. The standard InChI is InChI=1S/C22H26N2O/c1-16-22(19-9-5-6-10-20(19)23-16)18-11-13-24(14-12-18)15-21(25)17-7-3-2-4-8-17/h2-10,18,21,23,25H,11-15H2,1H3. The highest BCUT2D eigenvalue weighted by atomic mass is 16.3. The van der Waals surface area contributed by atoms with E-state index in [-0.39, 0.29) is 0 Å². The highest BCUT2D eigenvalue weighted by Gasteiger charge is 2.25. The average Bonchev–Trinajstić information content (AvgIpc) is 2.99. The molecule has 1 aliphatic heterocycles. The number of fused-ring (bicyclic) bond motifs is 1. The fraction of sp³-hybridized carbons (Fsp3) is 0.364. The smallest absolute Gasteiger partial charge is 0.0916 e. The molecule has 1 aliphatic rings. The van der Waals surface area contributed by atoms with Crippen LogP contribution < -0.4 is 0 Å². The topological polar surface area (TPSA) is 39.3 Å². The zero-order valence-corrected chi connectivity index (χ0v) is 14.8. The van der Waals surface area contributed by atoms with Crippen LogP contribution in [0.4, 0.5) is 0 Å². The minimum Gasteiger partial charge on any atom is -0.387 e. The predicted octanol–water partition coefficient (Wildman–Crippen LogP) is 4.39. The summed E-state index contributed by atoms with van der Waals surface area (Å²) in [4.78, 5) is 5.94. The van der Waals surface area contributed by atoms with E-state index in [2.05, 4.69) is 41.1 Å². The van der Waals surface area contributed by atoms with Crippen molar-refractivity contribution in [2.24, 2.45) is 0 Å². The van der Waals surface area contributed by atoms with E-state index in [0.717, 1.165) is 38.0 Å². The van der Waals surface area contributed by atoms with Gasteiger partial charge in [-0.15, -0.1) is 0 Å². The van der Waals surface area contributed by atoms with E-state index in [1.807, 2.05) is 30.3 Å². The summed E-state index contributed by atoms with van der Waals surface area (Å²) in [5, 5.41) is 11.8. The molecule has 4 rings (SSSR count). The number of nitrogens with one attached hydrogen (secondary N) is 1. The number of aromatic nitrogens is 1. The Kier molecular flexibility index (Phi) is 4.60. The predicted molar refractivity (Wildman–Crippen MR) is 103 cm³/mol. The second-order valence-corrected chi connectivity index (χ2v) is 7.21. The number of likely N-dealkylation sites (tertiary alicyclic amines) is 1. The molecule has 0 aliphatic carbocycles. The summed E-state index contributed by atoms with van der Waals surface area (Å²) in [7, 11) is 0. The molecular formula is C22H26N2O. The SMILES string of the molecule is Cc1[nH]c2ccccc2c1C1CCN(CC(O)c2ccccc2)CC1. The number of β-amino-alcohol motifs (C(OH)–C–C–N with tert-alkyl or cyclic N) is 1. The molecule has 1 fully saturated rings. The van der Waals surface area contributed by atoms with Crippen LogP contribution in [0.3, 0.4) is 0 Å². The molecular weight excluding hydrogens is 308 g/mol. The van der Waals surface area contributed by atoms with Gasteiger partial charge in [0.2, 0.25) is 0 Å². The lowest BCUT2D eigenvalue weighted by Crippen LogP contribution is -2.36. The number of benzene rings is 2. The second-order valence-electron chi connectivity index (χ2n) is 7.21. The van der Waals surface area contributed by atoms with Gasteiger partial charge in [-0.05, 0) is 56.0 Å². The number of aliphatic hydroxyl groups excluding tert-OH is 1. The third kappa shape index (κ3) is 3.35. The maximum absolute atomic E-state index is 10.5. The molecule has 3 nitrogen and oxygen atoms in total. The van der Waals surface area contributed by atoms with E-state index >= 15 is 0 Å². The van der Waals surface area contributed by atoms with Gasteiger partial charge in [0.25, 0.3) is 0 Å². The summed E-state index contributed by atoms with van der Waals surface area (Å²) in [6.45, 7) is 5.02. The molecule has 25 heavy (non-hydrogen) atoms. The fourth-order valence-electron chi connectivity index (χ4n) is 4.25. The summed E-state index contributed by atoms with van der Waals surface area (Å²) in [5.74, 6) is 0.612. The highest BCUT2D eigenvalue weighted by Crippen LogP contribution is 2.35. The Hall–Kier alpha value is -2.10. The van der Waals surface area contributed by atoms with Crippen LogP contribution in [0.5, 0.6) is 0 Å². The number of H-pyrrole nitrogens is 1. The van der Waals surface area contributed by atoms with E-state index in [0.29, 0.717) is 5.92 Å². The van der Waals surface area contributed by atoms with Crippen LogP contribution >= 0.6 is 0 Å². The lowest BCUT2D eigenvalue weighted by molar-refractivity contribution is 0.0973. The van der Waals surface area contributed by atoms with Crippen LogP contribution in [0.1, 0.15) is 41.7 Å². The van der Waals surface area contributed by atoms with Crippen LogP contribution in [-0.2, 0) is 0 Å². The number of para-hydroxylation sites is 1. The van der Waals surface area contributed by atoms with Crippen molar-refractivity contribution in [3.05, 3.63) is 71.4 Å². The molecule has 130 valence electrons. The number of aryl methyl sites for hydroxylation is 1. The van der Waals surface area contributed by atoms with Crippen LogP contribution in [0.15, 0.2) is 54.6 Å². The van der Waals surface area contributed by atoms with Gasteiger partial charge in [0.15, 0.2) is 0 Å². The molecule has 1 atom stereocenters. The Bertz CT molecular complexity index is 832. The zero-order valence-electron chi connectivity index (χ0n) is 14.8. The third-order valence-electron chi connectivity index (χ3n) is 5.55. The van der Waals surface area contributed by atoms with Crippen molar-refractivity contribution in [1.29, 1.82) is 0 Å². The Morgan fingerprint density at radius 2 is 1.72 bits per heavy atom. The minimum absolute atomic E-state index is 0.396. The number of aliphatic hydroxyl groups is 1. The molecule has 1 saturated heterocycles. The molecule has 2 heterocycles. The van der Waals surface area contributed by atoms with Gasteiger partial charge in [0.1, 0.15) is 0 Å². The number of hydrogen-bond acceptors (Lipinski definition) is 2. The molecule has 0 radical (unpaired) electrons. The number of hydrogen-bond donors (Lipinski definition) is 2. The first kappa shape index (κ1) is 16.4. The number of piperidine rings is 1. The maximum Gasteiger partial charge on any atom is 0.0916 e. The van der Waals surface area contributed by atoms with E-state index in [1.165, 1.54) is 22.2 Å². The quantitative estimate of drug-likeness (QED) is 0.743. The average molecular weight is 334 g/mol. The molecule has 0 amide bonds. The van der Waals surface area contributed by atoms with Crippen molar-refractivity contribution < 1.29 is 5.11 Å². The summed E-state index contributed by atoms with van der Waals surface area (Å²) >= 11 is 0. The summed E-state index contributed by atoms with van der Waals surface area (Å²) in [6.07, 6.45) is 1.92. The zero-order chi connectivity index (χ0) is 17.2. The van der Waals surface area contributed by atoms with E-state index in [4.69, 9.17) is 0 Å². The number of nitrogens with zero attached hydrogens (tertiary/aromatic N) is 1. The lowest BCUT2D eigenvalue weighted by atomic mass is 9.87. The van der Waals surface area contributed by atoms with Crippen LogP contribution in [0.2, 0.25) is 0 Å². The van der Waals surface area contributed by atoms with Crippen molar-refractivity contribution >= 4 is 10.9 Å². The van der Waals surface area contributed by atoms with Gasteiger partial charge in [-0.25, -0.2) is 0 Å².